The minimum absolute atomic E-state index is 0.188. The van der Waals surface area contributed by atoms with Gasteiger partial charge in [-0.1, -0.05) is 36.4 Å². The van der Waals surface area contributed by atoms with Crippen LogP contribution in [-0.4, -0.2) is 22.0 Å². The maximum atomic E-state index is 6.61. The molecule has 1 aliphatic carbocycles. The lowest BCUT2D eigenvalue weighted by Gasteiger charge is -2.48. The maximum absolute atomic E-state index is 6.61. The van der Waals surface area contributed by atoms with E-state index in [0.29, 0.717) is 11.8 Å². The van der Waals surface area contributed by atoms with Crippen LogP contribution in [0.4, 0.5) is 0 Å². The third-order valence-corrected chi connectivity index (χ3v) is 6.39. The average molecular weight is 358 g/mol. The van der Waals surface area contributed by atoms with E-state index in [2.05, 4.69) is 43.3 Å². The molecule has 3 heterocycles. The summed E-state index contributed by atoms with van der Waals surface area (Å²) >= 11 is 0. The summed E-state index contributed by atoms with van der Waals surface area (Å²) in [7, 11) is 0. The van der Waals surface area contributed by atoms with E-state index in [9.17, 15) is 0 Å². The first kappa shape index (κ1) is 15.3. The van der Waals surface area contributed by atoms with Crippen molar-refractivity contribution in [1.29, 1.82) is 0 Å². The highest BCUT2D eigenvalue weighted by Gasteiger charge is 2.51. The molecule has 0 saturated heterocycles. The van der Waals surface area contributed by atoms with Gasteiger partial charge in [0, 0.05) is 23.0 Å². The Morgan fingerprint density at radius 3 is 2.52 bits per heavy atom. The minimum atomic E-state index is 0.188. The van der Waals surface area contributed by atoms with Crippen LogP contribution in [0, 0.1) is 12.8 Å². The summed E-state index contributed by atoms with van der Waals surface area (Å²) in [6.45, 7) is 2.11. The van der Waals surface area contributed by atoms with Crippen molar-refractivity contribution in [2.45, 2.75) is 44.3 Å². The third-order valence-electron chi connectivity index (χ3n) is 6.39. The smallest absolute Gasteiger partial charge is 0.221 e. The van der Waals surface area contributed by atoms with Crippen LogP contribution < -0.4 is 9.47 Å². The van der Waals surface area contributed by atoms with Crippen LogP contribution in [0.3, 0.4) is 0 Å². The Labute approximate surface area is 158 Å². The van der Waals surface area contributed by atoms with E-state index in [4.69, 9.17) is 14.6 Å². The summed E-state index contributed by atoms with van der Waals surface area (Å²) < 4.78 is 15.0. The van der Waals surface area contributed by atoms with E-state index in [-0.39, 0.29) is 12.2 Å². The van der Waals surface area contributed by atoms with Gasteiger partial charge in [-0.3, -0.25) is 0 Å². The molecule has 1 fully saturated rings. The van der Waals surface area contributed by atoms with Gasteiger partial charge in [-0.15, -0.1) is 0 Å². The van der Waals surface area contributed by atoms with Crippen LogP contribution in [0.25, 0.3) is 5.69 Å². The van der Waals surface area contributed by atoms with E-state index in [1.165, 1.54) is 11.1 Å². The maximum Gasteiger partial charge on any atom is 0.221 e. The molecule has 6 rings (SSSR count). The molecule has 136 valence electrons. The van der Waals surface area contributed by atoms with Crippen molar-refractivity contribution in [3.8, 4) is 17.3 Å². The van der Waals surface area contributed by atoms with E-state index in [1.54, 1.807) is 0 Å². The summed E-state index contributed by atoms with van der Waals surface area (Å²) in [5, 5.41) is 4.89. The minimum Gasteiger partial charge on any atom is -0.490 e. The topological polar surface area (TPSA) is 36.3 Å². The number of hydrogen-bond acceptors (Lipinski definition) is 3. The Balaban J connectivity index is 1.60. The molecule has 2 aromatic carbocycles. The first-order chi connectivity index (χ1) is 13.3. The van der Waals surface area contributed by atoms with Crippen LogP contribution in [0.2, 0.25) is 0 Å². The molecule has 3 aromatic rings. The van der Waals surface area contributed by atoms with Crippen LogP contribution in [-0.2, 0) is 0 Å². The molecular formula is C23H22N2O2. The molecule has 1 aromatic heterocycles. The fourth-order valence-electron chi connectivity index (χ4n) is 5.29. The molecule has 0 radical (unpaired) electrons. The molecule has 27 heavy (non-hydrogen) atoms. The fourth-order valence-corrected chi connectivity index (χ4v) is 5.29. The Hall–Kier alpha value is -2.75. The van der Waals surface area contributed by atoms with Gasteiger partial charge in [0.15, 0.2) is 0 Å². The predicted molar refractivity (Wildman–Crippen MR) is 103 cm³/mol. The number of para-hydroxylation sites is 2. The molecule has 4 nitrogen and oxygen atoms in total. The zero-order chi connectivity index (χ0) is 18.0. The second-order valence-electron chi connectivity index (χ2n) is 7.89. The van der Waals surface area contributed by atoms with Gasteiger partial charge in [-0.05, 0) is 44.4 Å². The fraction of sp³-hybridized carbons (Fsp3) is 0.348. The number of nitrogens with zero attached hydrogens (tertiary/aromatic N) is 2. The molecule has 2 aliphatic heterocycles. The Morgan fingerprint density at radius 1 is 0.926 bits per heavy atom. The highest BCUT2D eigenvalue weighted by atomic mass is 16.5. The molecule has 1 saturated carbocycles. The van der Waals surface area contributed by atoms with Crippen molar-refractivity contribution in [2.24, 2.45) is 5.92 Å². The monoisotopic (exact) mass is 358 g/mol. The first-order valence-electron chi connectivity index (χ1n) is 9.88. The number of aryl methyl sites for hydroxylation is 1. The van der Waals surface area contributed by atoms with Gasteiger partial charge in [0.05, 0.1) is 11.4 Å². The number of aromatic nitrogens is 2. The Morgan fingerprint density at radius 2 is 1.67 bits per heavy atom. The molecule has 0 bridgehead atoms. The number of benzene rings is 2. The molecule has 0 amide bonds. The SMILES string of the molecule is Cc1nn(-c2ccccc2)c2c1[C@H]1c3ccccc3O[C@H]3CCC[C@@H](O2)[C@@H]13. The third kappa shape index (κ3) is 2.13. The van der Waals surface area contributed by atoms with Gasteiger partial charge in [0.25, 0.3) is 0 Å². The van der Waals surface area contributed by atoms with Crippen molar-refractivity contribution in [1.82, 2.24) is 9.78 Å². The summed E-state index contributed by atoms with van der Waals surface area (Å²) in [5.74, 6) is 2.62. The number of fused-ring (bicyclic) bond motifs is 4. The second-order valence-corrected chi connectivity index (χ2v) is 7.89. The normalized spacial score (nSPS) is 27.6. The molecule has 4 heteroatoms. The molecule has 0 unspecified atom stereocenters. The number of rotatable bonds is 1. The van der Waals surface area contributed by atoms with Gasteiger partial charge >= 0.3 is 0 Å². The summed E-state index contributed by atoms with van der Waals surface area (Å²) in [5.41, 5.74) is 4.62. The summed E-state index contributed by atoms with van der Waals surface area (Å²) in [4.78, 5) is 0. The van der Waals surface area contributed by atoms with E-state index in [0.717, 1.165) is 42.3 Å². The van der Waals surface area contributed by atoms with E-state index < -0.39 is 0 Å². The lowest BCUT2D eigenvalue weighted by Crippen LogP contribution is -2.50. The molecule has 0 N–H and O–H groups in total. The standard InChI is InChI=1S/C23H22N2O2/c1-14-20-21-16-10-5-6-11-17(16)26-18-12-7-13-19(22(18)21)27-23(20)25(24-14)15-8-3-2-4-9-15/h2-6,8-11,18-19,21-22H,7,12-13H2,1H3/t18-,19+,21+,22-/m0/s1. The van der Waals surface area contributed by atoms with Crippen molar-refractivity contribution in [3.05, 3.63) is 71.4 Å². The Kier molecular flexibility index (Phi) is 3.19. The van der Waals surface area contributed by atoms with E-state index >= 15 is 0 Å². The molecular weight excluding hydrogens is 336 g/mol. The highest BCUT2D eigenvalue weighted by Crippen LogP contribution is 2.55. The van der Waals surface area contributed by atoms with Gasteiger partial charge in [0.2, 0.25) is 5.88 Å². The molecule has 0 spiro atoms. The average Bonchev–Trinajstić information content (AvgIpc) is 3.05. The lowest BCUT2D eigenvalue weighted by atomic mass is 9.67. The van der Waals surface area contributed by atoms with E-state index in [1.807, 2.05) is 22.9 Å². The van der Waals surface area contributed by atoms with Crippen LogP contribution in [0.15, 0.2) is 54.6 Å². The van der Waals surface area contributed by atoms with Crippen LogP contribution >= 0.6 is 0 Å². The zero-order valence-electron chi connectivity index (χ0n) is 15.3. The van der Waals surface area contributed by atoms with Gasteiger partial charge in [-0.2, -0.15) is 5.10 Å². The number of ether oxygens (including phenoxy) is 2. The van der Waals surface area contributed by atoms with Crippen molar-refractivity contribution >= 4 is 0 Å². The predicted octanol–water partition coefficient (Wildman–Crippen LogP) is 4.63. The number of hydrogen-bond donors (Lipinski definition) is 0. The van der Waals surface area contributed by atoms with Crippen molar-refractivity contribution in [2.75, 3.05) is 0 Å². The largest absolute Gasteiger partial charge is 0.490 e. The second kappa shape index (κ2) is 5.62. The lowest BCUT2D eigenvalue weighted by molar-refractivity contribution is -0.0331. The van der Waals surface area contributed by atoms with Gasteiger partial charge in [-0.25, -0.2) is 4.68 Å². The zero-order valence-corrected chi connectivity index (χ0v) is 15.3. The quantitative estimate of drug-likeness (QED) is 0.636. The molecule has 3 aliphatic rings. The van der Waals surface area contributed by atoms with Crippen molar-refractivity contribution < 1.29 is 9.47 Å². The summed E-state index contributed by atoms with van der Waals surface area (Å²) in [6, 6.07) is 18.8. The summed E-state index contributed by atoms with van der Waals surface area (Å²) in [6.07, 6.45) is 3.76. The van der Waals surface area contributed by atoms with Gasteiger partial charge in [0.1, 0.15) is 18.0 Å². The Bertz CT molecular complexity index is 1010. The first-order valence-corrected chi connectivity index (χ1v) is 9.88. The molecule has 4 atom stereocenters. The van der Waals surface area contributed by atoms with Gasteiger partial charge < -0.3 is 9.47 Å². The highest BCUT2D eigenvalue weighted by molar-refractivity contribution is 5.53. The van der Waals surface area contributed by atoms with Crippen LogP contribution in [0.1, 0.15) is 42.0 Å². The van der Waals surface area contributed by atoms with Crippen molar-refractivity contribution in [3.63, 3.8) is 0 Å². The van der Waals surface area contributed by atoms with Crippen LogP contribution in [0.5, 0.6) is 11.6 Å².